The number of unbranched alkanes of at least 4 members (excludes halogenated alkanes) is 1. The number of sulfonamides is 1. The summed E-state index contributed by atoms with van der Waals surface area (Å²) >= 11 is 0. The maximum absolute atomic E-state index is 12.5. The molecule has 0 aromatic heterocycles. The Morgan fingerprint density at radius 2 is 1.77 bits per heavy atom. The summed E-state index contributed by atoms with van der Waals surface area (Å²) in [6, 6.07) is 12.9. The van der Waals surface area contributed by atoms with E-state index in [0.717, 1.165) is 31.1 Å². The van der Waals surface area contributed by atoms with Crippen LogP contribution in [0, 0.1) is 6.92 Å². The van der Waals surface area contributed by atoms with E-state index in [1.165, 1.54) is 16.9 Å². The molecule has 0 atom stereocenters. The molecule has 0 saturated carbocycles. The molecule has 1 amide bonds. The van der Waals surface area contributed by atoms with Gasteiger partial charge >= 0.3 is 0 Å². The summed E-state index contributed by atoms with van der Waals surface area (Å²) in [6.45, 7) is 3.97. The molecule has 0 aliphatic heterocycles. The number of nitrogens with zero attached hydrogens (tertiary/aromatic N) is 1. The fraction of sp³-hybridized carbons (Fsp3) is 0.350. The van der Waals surface area contributed by atoms with Gasteiger partial charge in [-0.25, -0.2) is 8.42 Å². The van der Waals surface area contributed by atoms with Crippen molar-refractivity contribution in [2.75, 3.05) is 22.9 Å². The molecule has 0 heterocycles. The molecule has 0 aliphatic carbocycles. The fourth-order valence-corrected chi connectivity index (χ4v) is 3.16. The van der Waals surface area contributed by atoms with Crippen molar-refractivity contribution in [2.24, 2.45) is 0 Å². The highest BCUT2D eigenvalue weighted by Gasteiger charge is 2.16. The SMILES string of the molecule is CCCCc1ccc(NC(=O)c2ccc(C)c(N(C)S(C)(=O)=O)c2)cc1. The van der Waals surface area contributed by atoms with Crippen LogP contribution >= 0.6 is 0 Å². The summed E-state index contributed by atoms with van der Waals surface area (Å²) in [5.74, 6) is -0.269. The second-order valence-electron chi connectivity index (χ2n) is 6.49. The van der Waals surface area contributed by atoms with Crippen LogP contribution in [-0.2, 0) is 16.4 Å². The van der Waals surface area contributed by atoms with Crippen molar-refractivity contribution in [2.45, 2.75) is 33.1 Å². The number of aryl methyl sites for hydroxylation is 2. The first-order valence-electron chi connectivity index (χ1n) is 8.67. The lowest BCUT2D eigenvalue weighted by atomic mass is 10.1. The molecule has 0 radical (unpaired) electrons. The van der Waals surface area contributed by atoms with E-state index >= 15 is 0 Å². The number of hydrogen-bond donors (Lipinski definition) is 1. The zero-order valence-electron chi connectivity index (χ0n) is 15.7. The molecule has 1 N–H and O–H groups in total. The molecule has 0 spiro atoms. The molecule has 2 aromatic carbocycles. The van der Waals surface area contributed by atoms with E-state index in [0.29, 0.717) is 16.9 Å². The Labute approximate surface area is 156 Å². The van der Waals surface area contributed by atoms with Gasteiger partial charge in [0.1, 0.15) is 0 Å². The van der Waals surface area contributed by atoms with E-state index in [2.05, 4.69) is 12.2 Å². The zero-order valence-corrected chi connectivity index (χ0v) is 16.6. The van der Waals surface area contributed by atoms with Crippen LogP contribution in [0.2, 0.25) is 0 Å². The van der Waals surface area contributed by atoms with Crippen molar-refractivity contribution in [1.82, 2.24) is 0 Å². The molecule has 0 bridgehead atoms. The summed E-state index contributed by atoms with van der Waals surface area (Å²) in [7, 11) is -1.91. The van der Waals surface area contributed by atoms with Crippen LogP contribution in [0.1, 0.15) is 41.3 Å². The minimum absolute atomic E-state index is 0.269. The van der Waals surface area contributed by atoms with Crippen LogP contribution in [0.25, 0.3) is 0 Å². The van der Waals surface area contributed by atoms with E-state index in [1.54, 1.807) is 18.2 Å². The molecule has 0 unspecified atom stereocenters. The molecule has 140 valence electrons. The first-order chi connectivity index (χ1) is 12.2. The predicted molar refractivity (Wildman–Crippen MR) is 107 cm³/mol. The topological polar surface area (TPSA) is 66.5 Å². The molecular formula is C20H26N2O3S. The third-order valence-corrected chi connectivity index (χ3v) is 5.53. The summed E-state index contributed by atoms with van der Waals surface area (Å²) < 4.78 is 24.8. The van der Waals surface area contributed by atoms with Gasteiger partial charge in [-0.3, -0.25) is 9.10 Å². The minimum Gasteiger partial charge on any atom is -0.322 e. The number of anilines is 2. The zero-order chi connectivity index (χ0) is 19.3. The van der Waals surface area contributed by atoms with E-state index in [-0.39, 0.29) is 5.91 Å². The highest BCUT2D eigenvalue weighted by molar-refractivity contribution is 7.92. The van der Waals surface area contributed by atoms with Gasteiger partial charge in [-0.2, -0.15) is 0 Å². The first kappa shape index (κ1) is 20.0. The largest absolute Gasteiger partial charge is 0.322 e. The second-order valence-corrected chi connectivity index (χ2v) is 8.50. The highest BCUT2D eigenvalue weighted by atomic mass is 32.2. The minimum atomic E-state index is -3.39. The van der Waals surface area contributed by atoms with Gasteiger partial charge in [-0.1, -0.05) is 31.5 Å². The Balaban J connectivity index is 2.17. The lowest BCUT2D eigenvalue weighted by Gasteiger charge is -2.19. The molecular weight excluding hydrogens is 348 g/mol. The number of carbonyl (C=O) groups is 1. The van der Waals surface area contributed by atoms with Crippen LogP contribution in [0.15, 0.2) is 42.5 Å². The number of rotatable bonds is 7. The molecule has 0 saturated heterocycles. The average Bonchev–Trinajstić information content (AvgIpc) is 2.60. The Hall–Kier alpha value is -2.34. The van der Waals surface area contributed by atoms with Crippen LogP contribution in [0.3, 0.4) is 0 Å². The number of carbonyl (C=O) groups excluding carboxylic acids is 1. The van der Waals surface area contributed by atoms with Crippen LogP contribution in [0.4, 0.5) is 11.4 Å². The van der Waals surface area contributed by atoms with Gasteiger partial charge in [0.2, 0.25) is 10.0 Å². The van der Waals surface area contributed by atoms with Gasteiger partial charge in [0.05, 0.1) is 11.9 Å². The number of benzene rings is 2. The van der Waals surface area contributed by atoms with Crippen molar-refractivity contribution in [3.05, 3.63) is 59.2 Å². The Morgan fingerprint density at radius 1 is 1.12 bits per heavy atom. The predicted octanol–water partition coefficient (Wildman–Crippen LogP) is 3.99. The van der Waals surface area contributed by atoms with Crippen molar-refractivity contribution >= 4 is 27.3 Å². The quantitative estimate of drug-likeness (QED) is 0.797. The summed E-state index contributed by atoms with van der Waals surface area (Å²) in [5.41, 5.74) is 3.66. The summed E-state index contributed by atoms with van der Waals surface area (Å²) in [6.07, 6.45) is 4.46. The van der Waals surface area contributed by atoms with E-state index < -0.39 is 10.0 Å². The molecule has 2 aromatic rings. The van der Waals surface area contributed by atoms with Gasteiger partial charge in [0, 0.05) is 18.3 Å². The maximum atomic E-state index is 12.5. The van der Waals surface area contributed by atoms with E-state index in [1.807, 2.05) is 31.2 Å². The Morgan fingerprint density at radius 3 is 2.35 bits per heavy atom. The number of hydrogen-bond acceptors (Lipinski definition) is 3. The van der Waals surface area contributed by atoms with Gasteiger partial charge < -0.3 is 5.32 Å². The normalized spacial score (nSPS) is 11.2. The van der Waals surface area contributed by atoms with Crippen LogP contribution < -0.4 is 9.62 Å². The third-order valence-electron chi connectivity index (χ3n) is 4.34. The van der Waals surface area contributed by atoms with E-state index in [9.17, 15) is 13.2 Å². The highest BCUT2D eigenvalue weighted by Crippen LogP contribution is 2.23. The number of nitrogens with one attached hydrogen (secondary N) is 1. The van der Waals surface area contributed by atoms with Gasteiger partial charge in [-0.05, 0) is 55.2 Å². The standard InChI is InChI=1S/C20H26N2O3S/c1-5-6-7-16-9-12-18(13-10-16)21-20(23)17-11-8-15(2)19(14-17)22(3)26(4,24)25/h8-14H,5-7H2,1-4H3,(H,21,23). The fourth-order valence-electron chi connectivity index (χ4n) is 2.61. The van der Waals surface area contributed by atoms with Gasteiger partial charge in [0.25, 0.3) is 5.91 Å². The van der Waals surface area contributed by atoms with Crippen LogP contribution in [-0.4, -0.2) is 27.6 Å². The van der Waals surface area contributed by atoms with Crippen molar-refractivity contribution in [3.63, 3.8) is 0 Å². The Kier molecular flexibility index (Phi) is 6.42. The molecule has 6 heteroatoms. The Bertz CT molecular complexity index is 874. The van der Waals surface area contributed by atoms with Crippen molar-refractivity contribution < 1.29 is 13.2 Å². The second kappa shape index (κ2) is 8.36. The third kappa shape index (κ3) is 5.08. The molecule has 0 fully saturated rings. The maximum Gasteiger partial charge on any atom is 0.255 e. The molecule has 26 heavy (non-hydrogen) atoms. The first-order valence-corrected chi connectivity index (χ1v) is 10.5. The lowest BCUT2D eigenvalue weighted by Crippen LogP contribution is -2.26. The van der Waals surface area contributed by atoms with Crippen molar-refractivity contribution in [1.29, 1.82) is 0 Å². The summed E-state index contributed by atoms with van der Waals surface area (Å²) in [5, 5.41) is 2.86. The van der Waals surface area contributed by atoms with E-state index in [4.69, 9.17) is 0 Å². The molecule has 5 nitrogen and oxygen atoms in total. The number of amides is 1. The van der Waals surface area contributed by atoms with Crippen molar-refractivity contribution in [3.8, 4) is 0 Å². The van der Waals surface area contributed by atoms with Gasteiger partial charge in [0.15, 0.2) is 0 Å². The van der Waals surface area contributed by atoms with Crippen LogP contribution in [0.5, 0.6) is 0 Å². The summed E-state index contributed by atoms with van der Waals surface area (Å²) in [4.78, 5) is 12.5. The molecule has 0 aliphatic rings. The molecule has 2 rings (SSSR count). The van der Waals surface area contributed by atoms with Gasteiger partial charge in [-0.15, -0.1) is 0 Å². The monoisotopic (exact) mass is 374 g/mol. The lowest BCUT2D eigenvalue weighted by molar-refractivity contribution is 0.102. The average molecular weight is 375 g/mol. The smallest absolute Gasteiger partial charge is 0.255 e.